The Morgan fingerprint density at radius 3 is 2.25 bits per heavy atom. The van der Waals surface area contributed by atoms with Crippen LogP contribution in [0.2, 0.25) is 5.02 Å². The van der Waals surface area contributed by atoms with E-state index in [4.69, 9.17) is 21.1 Å². The maximum atomic E-state index is 13.0. The molecule has 8 nitrogen and oxygen atoms in total. The maximum absolute atomic E-state index is 13.0. The van der Waals surface area contributed by atoms with E-state index in [1.54, 1.807) is 67.7 Å². The smallest absolute Gasteiger partial charge is 0.271 e. The predicted molar refractivity (Wildman–Crippen MR) is 123 cm³/mol. The summed E-state index contributed by atoms with van der Waals surface area (Å²) >= 11 is 6.06. The average Bonchev–Trinajstić information content (AvgIpc) is 2.83. The Hall–Kier alpha value is -3.52. The quantitative estimate of drug-likeness (QED) is 0.590. The molecule has 1 amide bonds. The Morgan fingerprint density at radius 1 is 0.938 bits per heavy atom. The molecule has 166 valence electrons. The molecule has 0 spiro atoms. The van der Waals surface area contributed by atoms with Crippen LogP contribution in [0.5, 0.6) is 11.5 Å². The third-order valence-corrected chi connectivity index (χ3v) is 5.56. The van der Waals surface area contributed by atoms with Gasteiger partial charge in [0.05, 0.1) is 19.9 Å². The van der Waals surface area contributed by atoms with Crippen molar-refractivity contribution < 1.29 is 14.3 Å². The van der Waals surface area contributed by atoms with Crippen molar-refractivity contribution in [2.24, 2.45) is 0 Å². The molecule has 2 heterocycles. The first-order chi connectivity index (χ1) is 15.5. The van der Waals surface area contributed by atoms with Crippen LogP contribution in [0.25, 0.3) is 5.69 Å². The number of benzene rings is 2. The van der Waals surface area contributed by atoms with E-state index < -0.39 is 0 Å². The van der Waals surface area contributed by atoms with Gasteiger partial charge < -0.3 is 19.3 Å². The second-order valence-electron chi connectivity index (χ2n) is 7.30. The van der Waals surface area contributed by atoms with E-state index in [0.29, 0.717) is 59.8 Å². The van der Waals surface area contributed by atoms with Crippen LogP contribution in [0.3, 0.4) is 0 Å². The number of hydrogen-bond acceptors (Lipinski definition) is 6. The van der Waals surface area contributed by atoms with Crippen molar-refractivity contribution in [1.29, 1.82) is 0 Å². The molecule has 1 aromatic heterocycles. The van der Waals surface area contributed by atoms with Gasteiger partial charge in [-0.2, -0.15) is 4.68 Å². The minimum absolute atomic E-state index is 0.0845. The zero-order valence-corrected chi connectivity index (χ0v) is 18.6. The van der Waals surface area contributed by atoms with Crippen molar-refractivity contribution in [3.8, 4) is 17.2 Å². The third kappa shape index (κ3) is 4.55. The molecule has 32 heavy (non-hydrogen) atoms. The van der Waals surface area contributed by atoms with Gasteiger partial charge in [-0.05, 0) is 36.4 Å². The second-order valence-corrected chi connectivity index (χ2v) is 7.74. The number of halogens is 1. The highest BCUT2D eigenvalue weighted by molar-refractivity contribution is 6.30. The van der Waals surface area contributed by atoms with E-state index in [1.165, 1.54) is 10.7 Å². The number of rotatable bonds is 5. The molecular weight excluding hydrogens is 432 g/mol. The Morgan fingerprint density at radius 2 is 1.62 bits per heavy atom. The van der Waals surface area contributed by atoms with Gasteiger partial charge in [0.15, 0.2) is 0 Å². The normalized spacial score (nSPS) is 13.7. The summed E-state index contributed by atoms with van der Waals surface area (Å²) in [6.07, 6.45) is 0. The lowest BCUT2D eigenvalue weighted by Crippen LogP contribution is -2.49. The van der Waals surface area contributed by atoms with E-state index in [1.807, 2.05) is 0 Å². The van der Waals surface area contributed by atoms with Crippen molar-refractivity contribution in [3.05, 3.63) is 75.5 Å². The van der Waals surface area contributed by atoms with E-state index >= 15 is 0 Å². The van der Waals surface area contributed by atoms with Crippen LogP contribution >= 0.6 is 11.6 Å². The van der Waals surface area contributed by atoms with Crippen LogP contribution in [0.15, 0.2) is 59.4 Å². The number of aromatic nitrogens is 2. The Bertz CT molecular complexity index is 1170. The van der Waals surface area contributed by atoms with Crippen molar-refractivity contribution in [1.82, 2.24) is 14.7 Å². The number of carbonyl (C=O) groups excluding carboxylic acids is 1. The van der Waals surface area contributed by atoms with Gasteiger partial charge in [0, 0.05) is 48.9 Å². The van der Waals surface area contributed by atoms with Gasteiger partial charge in [0.1, 0.15) is 17.3 Å². The molecule has 0 unspecified atom stereocenters. The van der Waals surface area contributed by atoms with Gasteiger partial charge in [-0.25, -0.2) is 0 Å². The van der Waals surface area contributed by atoms with Gasteiger partial charge in [-0.1, -0.05) is 17.7 Å². The molecule has 0 radical (unpaired) electrons. The molecule has 0 N–H and O–H groups in total. The standard InChI is InChI=1S/C23H23ClN4O4/c1-31-19-12-16(13-20(15-19)32-2)23(30)27-10-8-26(9-11-27)21-6-7-22(29)28(25-21)18-5-3-4-17(24)14-18/h3-7,12-15H,8-11H2,1-2H3. The largest absolute Gasteiger partial charge is 0.497 e. The summed E-state index contributed by atoms with van der Waals surface area (Å²) in [5, 5.41) is 5.05. The summed E-state index contributed by atoms with van der Waals surface area (Å²) in [5.41, 5.74) is 0.879. The number of anilines is 1. The van der Waals surface area contributed by atoms with Gasteiger partial charge in [-0.3, -0.25) is 9.59 Å². The summed E-state index contributed by atoms with van der Waals surface area (Å²) in [6, 6.07) is 15.3. The summed E-state index contributed by atoms with van der Waals surface area (Å²) in [6.45, 7) is 2.23. The Balaban J connectivity index is 1.49. The molecule has 3 aromatic rings. The minimum Gasteiger partial charge on any atom is -0.497 e. The zero-order valence-electron chi connectivity index (χ0n) is 17.8. The monoisotopic (exact) mass is 454 g/mol. The molecule has 4 rings (SSSR count). The molecule has 2 aromatic carbocycles. The summed E-state index contributed by atoms with van der Waals surface area (Å²) in [4.78, 5) is 29.2. The fourth-order valence-electron chi connectivity index (χ4n) is 3.62. The lowest BCUT2D eigenvalue weighted by Gasteiger charge is -2.35. The molecule has 0 aliphatic carbocycles. The lowest BCUT2D eigenvalue weighted by molar-refractivity contribution is 0.0745. The highest BCUT2D eigenvalue weighted by atomic mass is 35.5. The molecule has 0 saturated carbocycles. The fourth-order valence-corrected chi connectivity index (χ4v) is 3.80. The van der Waals surface area contributed by atoms with Crippen LogP contribution in [-0.2, 0) is 0 Å². The van der Waals surface area contributed by atoms with Crippen LogP contribution in [0, 0.1) is 0 Å². The molecule has 1 fully saturated rings. The average molecular weight is 455 g/mol. The fraction of sp³-hybridized carbons (Fsp3) is 0.261. The molecule has 9 heteroatoms. The summed E-state index contributed by atoms with van der Waals surface area (Å²) < 4.78 is 11.9. The number of methoxy groups -OCH3 is 2. The molecule has 0 bridgehead atoms. The number of piperazine rings is 1. The van der Waals surface area contributed by atoms with E-state index in [-0.39, 0.29) is 11.5 Å². The van der Waals surface area contributed by atoms with E-state index in [2.05, 4.69) is 10.00 Å². The van der Waals surface area contributed by atoms with Crippen LogP contribution in [0.1, 0.15) is 10.4 Å². The van der Waals surface area contributed by atoms with Crippen molar-refractivity contribution in [2.75, 3.05) is 45.3 Å². The zero-order chi connectivity index (χ0) is 22.7. The third-order valence-electron chi connectivity index (χ3n) is 5.33. The first kappa shape index (κ1) is 21.7. The first-order valence-corrected chi connectivity index (χ1v) is 10.5. The van der Waals surface area contributed by atoms with Crippen LogP contribution in [-0.4, -0.2) is 61.0 Å². The SMILES string of the molecule is COc1cc(OC)cc(C(=O)N2CCN(c3ccc(=O)n(-c4cccc(Cl)c4)n3)CC2)c1. The van der Waals surface area contributed by atoms with Crippen LogP contribution < -0.4 is 19.9 Å². The molecule has 1 aliphatic rings. The van der Waals surface area contributed by atoms with Gasteiger partial charge >= 0.3 is 0 Å². The predicted octanol–water partition coefficient (Wildman–Crippen LogP) is 2.87. The topological polar surface area (TPSA) is 76.9 Å². The molecular formula is C23H23ClN4O4. The molecule has 1 saturated heterocycles. The van der Waals surface area contributed by atoms with Gasteiger partial charge in [-0.15, -0.1) is 5.10 Å². The molecule has 0 atom stereocenters. The lowest BCUT2D eigenvalue weighted by atomic mass is 10.1. The second kappa shape index (κ2) is 9.32. The highest BCUT2D eigenvalue weighted by Gasteiger charge is 2.24. The number of hydrogen-bond donors (Lipinski definition) is 0. The Labute approximate surface area is 190 Å². The van der Waals surface area contributed by atoms with E-state index in [9.17, 15) is 9.59 Å². The van der Waals surface area contributed by atoms with E-state index in [0.717, 1.165) is 0 Å². The first-order valence-electron chi connectivity index (χ1n) is 10.1. The van der Waals surface area contributed by atoms with Crippen molar-refractivity contribution >= 4 is 23.3 Å². The van der Waals surface area contributed by atoms with Gasteiger partial charge in [0.25, 0.3) is 11.5 Å². The maximum Gasteiger partial charge on any atom is 0.271 e. The Kier molecular flexibility index (Phi) is 6.32. The summed E-state index contributed by atoms with van der Waals surface area (Å²) in [5.74, 6) is 1.72. The number of nitrogens with zero attached hydrogens (tertiary/aromatic N) is 4. The number of ether oxygens (including phenoxy) is 2. The minimum atomic E-state index is -0.239. The number of amides is 1. The highest BCUT2D eigenvalue weighted by Crippen LogP contribution is 2.24. The summed E-state index contributed by atoms with van der Waals surface area (Å²) in [7, 11) is 3.11. The molecule has 1 aliphatic heterocycles. The van der Waals surface area contributed by atoms with Gasteiger partial charge in [0.2, 0.25) is 0 Å². The van der Waals surface area contributed by atoms with Crippen molar-refractivity contribution in [3.63, 3.8) is 0 Å². The number of carbonyl (C=O) groups is 1. The van der Waals surface area contributed by atoms with Crippen LogP contribution in [0.4, 0.5) is 5.82 Å². The van der Waals surface area contributed by atoms with Crippen molar-refractivity contribution in [2.45, 2.75) is 0 Å².